The Bertz CT molecular complexity index is 1220. The number of aromatic nitrogens is 1. The lowest BCUT2D eigenvalue weighted by Gasteiger charge is -2.13. The van der Waals surface area contributed by atoms with Crippen LogP contribution in [-0.4, -0.2) is 0 Å². The molecule has 1 nitrogen and oxygen atoms in total. The maximum absolute atomic E-state index is 8.75. The Morgan fingerprint density at radius 3 is 2.34 bits per heavy atom. The number of benzene rings is 3. The van der Waals surface area contributed by atoms with Gasteiger partial charge in [0.25, 0.3) is 0 Å². The number of hydrogen-bond donors (Lipinski definition) is 0. The van der Waals surface area contributed by atoms with Gasteiger partial charge in [0.15, 0.2) is 5.69 Å². The van der Waals surface area contributed by atoms with E-state index in [1.165, 1.54) is 33.5 Å². The van der Waals surface area contributed by atoms with Crippen molar-refractivity contribution in [3.63, 3.8) is 0 Å². The van der Waals surface area contributed by atoms with Crippen molar-refractivity contribution in [1.29, 1.82) is 0 Å². The Kier molecular flexibility index (Phi) is 4.89. The minimum absolute atomic E-state index is 0.602. The molecule has 4 rings (SSSR count). The number of aryl methyl sites for hydroxylation is 1. The summed E-state index contributed by atoms with van der Waals surface area (Å²) in [6, 6.07) is 24.5. The summed E-state index contributed by atoms with van der Waals surface area (Å²) in [6.07, 6.45) is 1.04. The van der Waals surface area contributed by atoms with E-state index in [4.69, 9.17) is 1.37 Å². The summed E-state index contributed by atoms with van der Waals surface area (Å²) in [5.41, 5.74) is 8.42. The van der Waals surface area contributed by atoms with Gasteiger partial charge in [-0.25, -0.2) is 0 Å². The summed E-state index contributed by atoms with van der Waals surface area (Å²) in [7, 11) is 2.08. The molecule has 0 amide bonds. The maximum atomic E-state index is 8.75. The molecule has 1 aromatic heterocycles. The largest absolute Gasteiger partial charge is 0.220 e. The quantitative estimate of drug-likeness (QED) is 0.342. The summed E-state index contributed by atoms with van der Waals surface area (Å²) in [4.78, 5) is 0. The predicted octanol–water partition coefficient (Wildman–Crippen LogP) is 6.81. The first kappa shape index (κ1) is 18.1. The molecular formula is C28H30N+. The molecular weight excluding hydrogens is 350 g/mol. The molecule has 0 atom stereocenters. The lowest BCUT2D eigenvalue weighted by molar-refractivity contribution is -0.665. The molecule has 29 heavy (non-hydrogen) atoms. The summed E-state index contributed by atoms with van der Waals surface area (Å²) in [5.74, 6) is 0.602. The van der Waals surface area contributed by atoms with Gasteiger partial charge in [0.05, 0.1) is 6.76 Å². The van der Waals surface area contributed by atoms with E-state index in [1.54, 1.807) is 0 Å². The van der Waals surface area contributed by atoms with Crippen molar-refractivity contribution in [2.45, 2.75) is 34.1 Å². The second-order valence-electron chi connectivity index (χ2n) is 8.49. The third kappa shape index (κ3) is 3.82. The van der Waals surface area contributed by atoms with Gasteiger partial charge in [0.2, 0.25) is 5.69 Å². The van der Waals surface area contributed by atoms with E-state index in [9.17, 15) is 0 Å². The van der Waals surface area contributed by atoms with Crippen molar-refractivity contribution in [3.05, 3.63) is 89.6 Å². The second kappa shape index (κ2) is 7.83. The zero-order valence-corrected chi connectivity index (χ0v) is 18.1. The summed E-state index contributed by atoms with van der Waals surface area (Å²) in [5, 5.41) is 2.20. The predicted molar refractivity (Wildman–Crippen MR) is 124 cm³/mol. The highest BCUT2D eigenvalue weighted by Gasteiger charge is 2.20. The van der Waals surface area contributed by atoms with Crippen LogP contribution in [-0.2, 0) is 13.5 Å². The fourth-order valence-corrected chi connectivity index (χ4v) is 4.19. The number of hydrogen-bond acceptors (Lipinski definition) is 0. The van der Waals surface area contributed by atoms with Gasteiger partial charge in [0.1, 0.15) is 7.05 Å². The van der Waals surface area contributed by atoms with E-state index in [0.717, 1.165) is 22.9 Å². The van der Waals surface area contributed by atoms with Crippen LogP contribution < -0.4 is 4.57 Å². The Hall–Kier alpha value is -2.93. The van der Waals surface area contributed by atoms with Crippen LogP contribution in [0.1, 0.15) is 32.0 Å². The van der Waals surface area contributed by atoms with Crippen molar-refractivity contribution < 1.29 is 5.94 Å². The van der Waals surface area contributed by atoms with Gasteiger partial charge in [-0.2, -0.15) is 4.57 Å². The average Bonchev–Trinajstić information content (AvgIpc) is 2.74. The zero-order valence-electron chi connectivity index (χ0n) is 19.1. The zero-order chi connectivity index (χ0) is 21.4. The molecule has 3 aromatic carbocycles. The molecule has 0 aliphatic rings. The molecule has 0 aliphatic heterocycles. The van der Waals surface area contributed by atoms with Gasteiger partial charge in [-0.05, 0) is 59.0 Å². The fourth-order valence-electron chi connectivity index (χ4n) is 4.19. The molecule has 4 aromatic rings. The van der Waals surface area contributed by atoms with Crippen LogP contribution in [0, 0.1) is 19.8 Å². The summed E-state index contributed by atoms with van der Waals surface area (Å²) in [6.45, 7) is 8.72. The first-order chi connectivity index (χ1) is 14.4. The van der Waals surface area contributed by atoms with Crippen molar-refractivity contribution in [1.82, 2.24) is 0 Å². The summed E-state index contributed by atoms with van der Waals surface area (Å²) >= 11 is 0. The monoisotopic (exact) mass is 381 g/mol. The first-order valence-corrected chi connectivity index (χ1v) is 10.4. The summed E-state index contributed by atoms with van der Waals surface area (Å²) < 4.78 is 10.9. The van der Waals surface area contributed by atoms with E-state index >= 15 is 0 Å². The van der Waals surface area contributed by atoms with Crippen molar-refractivity contribution >= 4 is 10.8 Å². The number of fused-ring (bicyclic) bond motifs is 1. The molecule has 1 heteroatoms. The Morgan fingerprint density at radius 1 is 0.897 bits per heavy atom. The van der Waals surface area contributed by atoms with Gasteiger partial charge < -0.3 is 0 Å². The number of nitrogens with zero attached hydrogens (tertiary/aromatic N) is 1. The highest BCUT2D eigenvalue weighted by molar-refractivity contribution is 5.94. The van der Waals surface area contributed by atoms with Crippen LogP contribution in [0.3, 0.4) is 0 Å². The van der Waals surface area contributed by atoms with Crippen LogP contribution in [0.2, 0.25) is 0 Å². The Balaban J connectivity index is 1.92. The van der Waals surface area contributed by atoms with Crippen molar-refractivity contribution in [2.24, 2.45) is 13.0 Å². The lowest BCUT2D eigenvalue weighted by atomic mass is 9.93. The molecule has 0 N–H and O–H groups in total. The standard InChI is InChI=1S/C28H30N/c1-19(2)15-22-11-13-27-25(18-22)17-21(4)29(5)28(27)26-14-12-24(16-20(26)3)23-9-7-6-8-10-23/h6-14,16-19H,15H2,1-5H3/q+1/i17D. The van der Waals surface area contributed by atoms with Crippen LogP contribution >= 0.6 is 0 Å². The number of rotatable bonds is 4. The molecule has 1 heterocycles. The molecule has 0 radical (unpaired) electrons. The van der Waals surface area contributed by atoms with E-state index in [2.05, 4.69) is 99.1 Å². The third-order valence-electron chi connectivity index (χ3n) is 5.73. The highest BCUT2D eigenvalue weighted by atomic mass is 14.9. The molecule has 0 unspecified atom stereocenters. The molecule has 0 aliphatic carbocycles. The van der Waals surface area contributed by atoms with Crippen molar-refractivity contribution in [2.75, 3.05) is 0 Å². The van der Waals surface area contributed by atoms with Crippen LogP contribution in [0.25, 0.3) is 33.2 Å². The smallest absolute Gasteiger partial charge is 0.198 e. The van der Waals surface area contributed by atoms with Crippen molar-refractivity contribution in [3.8, 4) is 22.4 Å². The van der Waals surface area contributed by atoms with Gasteiger partial charge in [-0.3, -0.25) is 0 Å². The molecule has 0 bridgehead atoms. The SMILES string of the molecule is [2H]c1c(C)[n+](C)c(-c2ccc(-c3ccccc3)cc2C)c2ccc(CC(C)C)cc12. The molecule has 0 saturated carbocycles. The van der Waals surface area contributed by atoms with Crippen LogP contribution in [0.15, 0.2) is 72.8 Å². The Labute approximate surface area is 176 Å². The van der Waals surface area contributed by atoms with E-state index in [1.807, 2.05) is 6.92 Å². The van der Waals surface area contributed by atoms with Gasteiger partial charge in [-0.15, -0.1) is 0 Å². The molecule has 0 spiro atoms. The van der Waals surface area contributed by atoms with E-state index < -0.39 is 0 Å². The van der Waals surface area contributed by atoms with Gasteiger partial charge >= 0.3 is 0 Å². The van der Waals surface area contributed by atoms with Crippen LogP contribution in [0.4, 0.5) is 0 Å². The third-order valence-corrected chi connectivity index (χ3v) is 5.73. The minimum atomic E-state index is 0.602. The Morgan fingerprint density at radius 2 is 1.66 bits per heavy atom. The van der Waals surface area contributed by atoms with Crippen LogP contribution in [0.5, 0.6) is 0 Å². The van der Waals surface area contributed by atoms with E-state index in [0.29, 0.717) is 12.0 Å². The topological polar surface area (TPSA) is 3.88 Å². The average molecular weight is 382 g/mol. The second-order valence-corrected chi connectivity index (χ2v) is 8.49. The normalized spacial score (nSPS) is 11.9. The van der Waals surface area contributed by atoms with E-state index in [-0.39, 0.29) is 0 Å². The minimum Gasteiger partial charge on any atom is -0.198 e. The molecule has 0 fully saturated rings. The molecule has 0 saturated heterocycles. The highest BCUT2D eigenvalue weighted by Crippen LogP contribution is 2.32. The molecule has 146 valence electrons. The lowest BCUT2D eigenvalue weighted by Crippen LogP contribution is -2.35. The number of pyridine rings is 1. The fraction of sp³-hybridized carbons (Fsp3) is 0.250. The van der Waals surface area contributed by atoms with Gasteiger partial charge in [-0.1, -0.05) is 68.4 Å². The maximum Gasteiger partial charge on any atom is 0.220 e. The van der Waals surface area contributed by atoms with Gasteiger partial charge in [0, 0.05) is 18.5 Å². The first-order valence-electron chi connectivity index (χ1n) is 10.9.